The third-order valence-corrected chi connectivity index (χ3v) is 1.77. The molecule has 0 aromatic rings. The Morgan fingerprint density at radius 3 is 2.18 bits per heavy atom. The van der Waals surface area contributed by atoms with Gasteiger partial charge in [-0.05, 0) is 0 Å². The van der Waals surface area contributed by atoms with Gasteiger partial charge in [0.05, 0.1) is 19.3 Å². The highest BCUT2D eigenvalue weighted by atomic mass is 35.5. The molecule has 0 radical (unpaired) electrons. The van der Waals surface area contributed by atoms with Crippen molar-refractivity contribution in [3.63, 3.8) is 0 Å². The highest BCUT2D eigenvalue weighted by molar-refractivity contribution is 6.21. The largest absolute Gasteiger partial charge is 0.394 e. The molecule has 0 aliphatic heterocycles. The minimum atomic E-state index is -0.844. The zero-order chi connectivity index (χ0) is 8.69. The number of halogens is 2. The van der Waals surface area contributed by atoms with E-state index in [1.54, 1.807) is 0 Å². The Morgan fingerprint density at radius 1 is 1.27 bits per heavy atom. The Bertz CT molecular complexity index is 87.9. The first-order valence-corrected chi connectivity index (χ1v) is 4.34. The normalized spacial score (nSPS) is 13.9. The van der Waals surface area contributed by atoms with E-state index in [1.165, 1.54) is 0 Å². The Balaban J connectivity index is 3.34. The molecule has 3 nitrogen and oxygen atoms in total. The summed E-state index contributed by atoms with van der Waals surface area (Å²) in [5.41, 5.74) is 0. The standard InChI is InChI=1S/C6H12Cl2O3/c7-1-6(2-8)11-4-5(10)3-9/h5-6,9-10H,1-4H2. The Hall–Kier alpha value is 0.460. The van der Waals surface area contributed by atoms with Crippen LogP contribution < -0.4 is 0 Å². The number of aliphatic hydroxyl groups is 2. The Morgan fingerprint density at radius 2 is 1.82 bits per heavy atom. The average molecular weight is 203 g/mol. The predicted octanol–water partition coefficient (Wildman–Crippen LogP) is 0.202. The van der Waals surface area contributed by atoms with Crippen LogP contribution in [0.25, 0.3) is 0 Å². The van der Waals surface area contributed by atoms with Gasteiger partial charge >= 0.3 is 0 Å². The van der Waals surface area contributed by atoms with E-state index in [0.29, 0.717) is 11.8 Å². The lowest BCUT2D eigenvalue weighted by molar-refractivity contribution is -0.0147. The van der Waals surface area contributed by atoms with Crippen LogP contribution in [-0.4, -0.2) is 47.4 Å². The summed E-state index contributed by atoms with van der Waals surface area (Å²) in [7, 11) is 0. The van der Waals surface area contributed by atoms with Crippen LogP contribution >= 0.6 is 23.2 Å². The van der Waals surface area contributed by atoms with Crippen LogP contribution in [0, 0.1) is 0 Å². The van der Waals surface area contributed by atoms with Gasteiger partial charge in [-0.2, -0.15) is 0 Å². The average Bonchev–Trinajstić information content (AvgIpc) is 2.06. The highest BCUT2D eigenvalue weighted by Gasteiger charge is 2.08. The van der Waals surface area contributed by atoms with Crippen molar-refractivity contribution in [3.8, 4) is 0 Å². The van der Waals surface area contributed by atoms with Crippen molar-refractivity contribution in [2.24, 2.45) is 0 Å². The second kappa shape index (κ2) is 7.13. The van der Waals surface area contributed by atoms with E-state index in [1.807, 2.05) is 0 Å². The van der Waals surface area contributed by atoms with Crippen LogP contribution in [0.5, 0.6) is 0 Å². The number of rotatable bonds is 6. The zero-order valence-electron chi connectivity index (χ0n) is 6.04. The number of hydrogen-bond acceptors (Lipinski definition) is 3. The van der Waals surface area contributed by atoms with Gasteiger partial charge in [-0.25, -0.2) is 0 Å². The van der Waals surface area contributed by atoms with Gasteiger partial charge in [0.2, 0.25) is 0 Å². The fourth-order valence-corrected chi connectivity index (χ4v) is 0.938. The minimum Gasteiger partial charge on any atom is -0.394 e. The van der Waals surface area contributed by atoms with Gasteiger partial charge in [0.25, 0.3) is 0 Å². The van der Waals surface area contributed by atoms with Crippen molar-refractivity contribution in [1.29, 1.82) is 0 Å². The summed E-state index contributed by atoms with van der Waals surface area (Å²) in [6.07, 6.45) is -1.09. The summed E-state index contributed by atoms with van der Waals surface area (Å²) < 4.78 is 5.02. The van der Waals surface area contributed by atoms with Crippen molar-refractivity contribution in [1.82, 2.24) is 0 Å². The smallest absolute Gasteiger partial charge is 0.100 e. The Kier molecular flexibility index (Phi) is 7.43. The van der Waals surface area contributed by atoms with E-state index in [0.717, 1.165) is 0 Å². The lowest BCUT2D eigenvalue weighted by atomic mass is 10.4. The second-order valence-electron chi connectivity index (χ2n) is 2.10. The summed E-state index contributed by atoms with van der Waals surface area (Å²) in [4.78, 5) is 0. The van der Waals surface area contributed by atoms with Crippen molar-refractivity contribution >= 4 is 23.2 Å². The summed E-state index contributed by atoms with van der Waals surface area (Å²) in [5, 5.41) is 17.2. The van der Waals surface area contributed by atoms with Crippen molar-refractivity contribution < 1.29 is 14.9 Å². The zero-order valence-corrected chi connectivity index (χ0v) is 7.55. The highest BCUT2D eigenvalue weighted by Crippen LogP contribution is 1.99. The lowest BCUT2D eigenvalue weighted by Crippen LogP contribution is -2.26. The molecule has 0 bridgehead atoms. The molecule has 11 heavy (non-hydrogen) atoms. The maximum atomic E-state index is 8.84. The first-order valence-electron chi connectivity index (χ1n) is 3.27. The molecular formula is C6H12Cl2O3. The number of alkyl halides is 2. The van der Waals surface area contributed by atoms with E-state index >= 15 is 0 Å². The molecule has 5 heteroatoms. The van der Waals surface area contributed by atoms with Crippen molar-refractivity contribution in [2.45, 2.75) is 12.2 Å². The fraction of sp³-hybridized carbons (Fsp3) is 1.00. The molecule has 0 spiro atoms. The summed E-state index contributed by atoms with van der Waals surface area (Å²) in [6.45, 7) is -0.238. The molecule has 1 atom stereocenters. The number of aliphatic hydroxyl groups excluding tert-OH is 2. The number of hydrogen-bond donors (Lipinski definition) is 2. The molecule has 2 N–H and O–H groups in total. The summed E-state index contributed by atoms with van der Waals surface area (Å²) in [5.74, 6) is 0.587. The summed E-state index contributed by atoms with van der Waals surface area (Å²) in [6, 6.07) is 0. The minimum absolute atomic E-state index is 0.0700. The third-order valence-electron chi connectivity index (χ3n) is 1.08. The van der Waals surface area contributed by atoms with Crippen LogP contribution in [0.2, 0.25) is 0 Å². The molecule has 1 unspecified atom stereocenters. The molecule has 0 saturated heterocycles. The van der Waals surface area contributed by atoms with E-state index in [-0.39, 0.29) is 19.3 Å². The quantitative estimate of drug-likeness (QED) is 0.606. The first kappa shape index (κ1) is 11.5. The van der Waals surface area contributed by atoms with Gasteiger partial charge in [-0.3, -0.25) is 0 Å². The van der Waals surface area contributed by atoms with Crippen molar-refractivity contribution in [3.05, 3.63) is 0 Å². The molecule has 0 saturated carbocycles. The maximum Gasteiger partial charge on any atom is 0.100 e. The van der Waals surface area contributed by atoms with Crippen LogP contribution in [-0.2, 0) is 4.74 Å². The maximum absolute atomic E-state index is 8.84. The first-order chi connectivity index (χ1) is 5.24. The lowest BCUT2D eigenvalue weighted by Gasteiger charge is -2.13. The van der Waals surface area contributed by atoms with Gasteiger partial charge in [0, 0.05) is 11.8 Å². The molecule has 0 heterocycles. The molecular weight excluding hydrogens is 191 g/mol. The molecule has 0 aliphatic rings. The van der Waals surface area contributed by atoms with Gasteiger partial charge in [-0.15, -0.1) is 23.2 Å². The molecule has 68 valence electrons. The molecule has 0 aromatic carbocycles. The van der Waals surface area contributed by atoms with Crippen molar-refractivity contribution in [2.75, 3.05) is 25.0 Å². The monoisotopic (exact) mass is 202 g/mol. The van der Waals surface area contributed by atoms with Gasteiger partial charge in [-0.1, -0.05) is 0 Å². The van der Waals surface area contributed by atoms with Crippen LogP contribution in [0.3, 0.4) is 0 Å². The van der Waals surface area contributed by atoms with E-state index < -0.39 is 6.10 Å². The molecule has 0 amide bonds. The van der Waals surface area contributed by atoms with Gasteiger partial charge in [0.1, 0.15) is 6.10 Å². The van der Waals surface area contributed by atoms with Crippen LogP contribution in [0.15, 0.2) is 0 Å². The molecule has 0 fully saturated rings. The number of ether oxygens (including phenoxy) is 1. The fourth-order valence-electron chi connectivity index (χ4n) is 0.430. The second-order valence-corrected chi connectivity index (χ2v) is 2.72. The van der Waals surface area contributed by atoms with Crippen LogP contribution in [0.1, 0.15) is 0 Å². The molecule has 0 aliphatic carbocycles. The van der Waals surface area contributed by atoms with E-state index in [2.05, 4.69) is 0 Å². The van der Waals surface area contributed by atoms with E-state index in [9.17, 15) is 0 Å². The molecule has 0 rings (SSSR count). The summed E-state index contributed by atoms with van der Waals surface area (Å²) >= 11 is 10.9. The van der Waals surface area contributed by atoms with Crippen LogP contribution in [0.4, 0.5) is 0 Å². The SMILES string of the molecule is OCC(O)COC(CCl)CCl. The Labute approximate surface area is 75.9 Å². The van der Waals surface area contributed by atoms with E-state index in [4.69, 9.17) is 38.2 Å². The molecule has 0 aromatic heterocycles. The topological polar surface area (TPSA) is 49.7 Å². The predicted molar refractivity (Wildman–Crippen MR) is 44.3 cm³/mol. The van der Waals surface area contributed by atoms with Gasteiger partial charge in [0.15, 0.2) is 0 Å². The third kappa shape index (κ3) is 5.70. The van der Waals surface area contributed by atoms with Gasteiger partial charge < -0.3 is 14.9 Å².